The quantitative estimate of drug-likeness (QED) is 0.0772. The molecule has 17 heteroatoms. The molecule has 0 aliphatic carbocycles. The summed E-state index contributed by atoms with van der Waals surface area (Å²) in [4.78, 5) is 0. The summed E-state index contributed by atoms with van der Waals surface area (Å²) in [5.41, 5.74) is 0. The molecule has 5 aromatic rings. The van der Waals surface area contributed by atoms with Gasteiger partial charge in [0.15, 0.2) is 58.1 Å². The lowest BCUT2D eigenvalue weighted by atomic mass is 9.98. The molecule has 0 fully saturated rings. The first-order valence-electron chi connectivity index (χ1n) is 10.6. The molecule has 0 radical (unpaired) electrons. The van der Waals surface area contributed by atoms with E-state index in [1.165, 1.54) is 0 Å². The minimum Gasteiger partial charge on any atom is -0.500 e. The zero-order valence-electron chi connectivity index (χ0n) is 19.0. The monoisotopic (exact) mass is 598 g/mol. The van der Waals surface area contributed by atoms with Crippen molar-refractivity contribution in [3.8, 4) is 11.5 Å². The molecular weight excluding hydrogens is 594 g/mol. The molecule has 3 nitrogen and oxygen atoms in total. The molecule has 0 amide bonds. The van der Waals surface area contributed by atoms with Crippen LogP contribution in [0.1, 0.15) is 0 Å². The number of benzene rings is 5. The Bertz CT molecular complexity index is 1970. The van der Waals surface area contributed by atoms with Gasteiger partial charge in [0.25, 0.3) is 0 Å². The maximum absolute atomic E-state index is 15.3. The largest absolute Gasteiger partial charge is 0.785 e. The fraction of sp³-hybridized carbons (Fsp3) is 0. The van der Waals surface area contributed by atoms with Crippen LogP contribution in [0.5, 0.6) is 11.5 Å². The average Bonchev–Trinajstić information content (AvgIpc) is 2.92. The highest BCUT2D eigenvalue weighted by Crippen LogP contribution is 2.43. The van der Waals surface area contributed by atoms with Gasteiger partial charge in [-0.15, -0.1) is 0 Å². The van der Waals surface area contributed by atoms with Crippen LogP contribution in [0.4, 0.5) is 57.1 Å². The molecule has 5 aromatic carbocycles. The van der Waals surface area contributed by atoms with Crippen LogP contribution >= 0.6 is 0 Å². The minimum atomic E-state index is -3.05. The normalized spacial score (nSPS) is 11.7. The van der Waals surface area contributed by atoms with Crippen LogP contribution < -0.4 is 9.31 Å². The van der Waals surface area contributed by atoms with Crippen molar-refractivity contribution in [2.24, 2.45) is 0 Å². The van der Waals surface area contributed by atoms with Crippen molar-refractivity contribution < 1.29 is 71.4 Å². The maximum Gasteiger partial charge on any atom is 0.785 e. The lowest BCUT2D eigenvalue weighted by Gasteiger charge is -2.18. The lowest BCUT2D eigenvalue weighted by molar-refractivity contribution is 0.290. The van der Waals surface area contributed by atoms with Gasteiger partial charge in [-0.2, -0.15) is 4.39 Å². The molecule has 1 N–H and O–H groups in total. The Morgan fingerprint density at radius 3 is 1.46 bits per heavy atom. The second kappa shape index (κ2) is 9.61. The molecule has 0 atom stereocenters. The summed E-state index contributed by atoms with van der Waals surface area (Å²) in [7, 11) is -3.05. The van der Waals surface area contributed by atoms with Gasteiger partial charge >= 0.3 is 7.32 Å². The highest BCUT2D eigenvalue weighted by atomic mass is 19.2. The van der Waals surface area contributed by atoms with Gasteiger partial charge in [-0.3, -0.25) is 0 Å². The van der Waals surface area contributed by atoms with E-state index < -0.39 is 127 Å². The lowest BCUT2D eigenvalue weighted by Crippen LogP contribution is -2.30. The summed E-state index contributed by atoms with van der Waals surface area (Å²) in [5, 5.41) is 0.0340. The molecule has 0 aliphatic heterocycles. The number of hydrogen-bond donors (Lipinski definition) is 1. The van der Waals surface area contributed by atoms with Crippen molar-refractivity contribution >= 4 is 39.6 Å². The van der Waals surface area contributed by atoms with Crippen LogP contribution in [0.25, 0.3) is 32.3 Å². The van der Waals surface area contributed by atoms with Gasteiger partial charge in [-0.25, -0.2) is 52.7 Å². The zero-order valence-corrected chi connectivity index (χ0v) is 19.0. The van der Waals surface area contributed by atoms with Crippen molar-refractivity contribution in [3.63, 3.8) is 0 Å². The minimum absolute atomic E-state index is 0.193. The summed E-state index contributed by atoms with van der Waals surface area (Å²) in [6.07, 6.45) is 0. The Morgan fingerprint density at radius 2 is 0.902 bits per heavy atom. The number of rotatable bonds is 4. The van der Waals surface area contributed by atoms with E-state index in [1.54, 1.807) is 0 Å². The summed E-state index contributed by atoms with van der Waals surface area (Å²) in [6, 6.07) is 1.19. The molecule has 5 rings (SSSR count). The molecule has 0 heterocycles. The average molecular weight is 598 g/mol. The third-order valence-electron chi connectivity index (χ3n) is 5.92. The summed E-state index contributed by atoms with van der Waals surface area (Å²) in [6.45, 7) is 0. The van der Waals surface area contributed by atoms with Crippen molar-refractivity contribution in [1.29, 1.82) is 0 Å². The fourth-order valence-corrected chi connectivity index (χ4v) is 4.14. The summed E-state index contributed by atoms with van der Waals surface area (Å²) >= 11 is 0. The number of halogens is 13. The van der Waals surface area contributed by atoms with Crippen molar-refractivity contribution in [1.82, 2.24) is 0 Å². The fourth-order valence-electron chi connectivity index (χ4n) is 4.14. The standard InChI is InChI=1S/C24H4BF13O3/c26-5-1-2-7(4-3-6(27)13(28)16(31)8(4)5)40-25(39)41-24-12-11(19(34)22(37)23(24)38)14(29)9-10(15(12)30)18(33)21(36)20(35)17(9)32/h1-3,39H. The molecule has 0 unspecified atom stereocenters. The summed E-state index contributed by atoms with van der Waals surface area (Å²) < 4.78 is 195. The van der Waals surface area contributed by atoms with Gasteiger partial charge in [-0.05, 0) is 18.2 Å². The van der Waals surface area contributed by atoms with Crippen LogP contribution in [-0.2, 0) is 0 Å². The molecule has 0 bridgehead atoms. The van der Waals surface area contributed by atoms with Crippen LogP contribution in [0, 0.1) is 75.6 Å². The first-order chi connectivity index (χ1) is 19.2. The van der Waals surface area contributed by atoms with E-state index in [0.29, 0.717) is 12.1 Å². The van der Waals surface area contributed by atoms with Crippen LogP contribution in [0.15, 0.2) is 18.2 Å². The van der Waals surface area contributed by atoms with Crippen molar-refractivity contribution in [2.45, 2.75) is 0 Å². The molecule has 0 saturated heterocycles. The van der Waals surface area contributed by atoms with E-state index in [2.05, 4.69) is 4.65 Å². The Hall–Kier alpha value is -4.41. The van der Waals surface area contributed by atoms with Crippen LogP contribution in [0.3, 0.4) is 0 Å². The third-order valence-corrected chi connectivity index (χ3v) is 5.92. The maximum atomic E-state index is 15.3. The topological polar surface area (TPSA) is 38.7 Å². The molecular formula is C24H4BF13O3. The van der Waals surface area contributed by atoms with Gasteiger partial charge < -0.3 is 14.3 Å². The van der Waals surface area contributed by atoms with Gasteiger partial charge in [-0.1, -0.05) is 0 Å². The molecule has 0 aliphatic rings. The van der Waals surface area contributed by atoms with E-state index in [9.17, 15) is 53.3 Å². The molecule has 212 valence electrons. The van der Waals surface area contributed by atoms with Crippen molar-refractivity contribution in [2.75, 3.05) is 0 Å². The van der Waals surface area contributed by atoms with Gasteiger partial charge in [0.05, 0.1) is 26.9 Å². The summed E-state index contributed by atoms with van der Waals surface area (Å²) in [5.74, 6) is -33.5. The Balaban J connectivity index is 1.73. The SMILES string of the molecule is OB(Oc1ccc(F)c2c(F)c(F)c(F)cc12)Oc1c(F)c(F)c(F)c2c(F)c3c(F)c(F)c(F)c(F)c3c(F)c12. The Kier molecular flexibility index (Phi) is 6.59. The van der Waals surface area contributed by atoms with Gasteiger partial charge in [0.1, 0.15) is 23.2 Å². The number of fused-ring (bicyclic) bond motifs is 3. The van der Waals surface area contributed by atoms with Crippen LogP contribution in [0.2, 0.25) is 0 Å². The first-order valence-corrected chi connectivity index (χ1v) is 10.6. The number of hydrogen-bond acceptors (Lipinski definition) is 3. The van der Waals surface area contributed by atoms with E-state index in [4.69, 9.17) is 4.65 Å². The van der Waals surface area contributed by atoms with Crippen molar-refractivity contribution in [3.05, 3.63) is 93.8 Å². The molecule has 0 spiro atoms. The third kappa shape index (κ3) is 3.97. The van der Waals surface area contributed by atoms with Crippen LogP contribution in [-0.4, -0.2) is 12.3 Å². The van der Waals surface area contributed by atoms with E-state index >= 15 is 8.78 Å². The zero-order chi connectivity index (χ0) is 30.2. The van der Waals surface area contributed by atoms with E-state index in [-0.39, 0.29) is 6.07 Å². The Labute approximate surface area is 217 Å². The molecule has 41 heavy (non-hydrogen) atoms. The highest BCUT2D eigenvalue weighted by molar-refractivity contribution is 6.37. The highest BCUT2D eigenvalue weighted by Gasteiger charge is 2.36. The predicted molar refractivity (Wildman–Crippen MR) is 114 cm³/mol. The first kappa shape index (κ1) is 28.1. The van der Waals surface area contributed by atoms with Gasteiger partial charge in [0.2, 0.25) is 5.82 Å². The van der Waals surface area contributed by atoms with E-state index in [1.807, 2.05) is 0 Å². The second-order valence-electron chi connectivity index (χ2n) is 8.15. The Morgan fingerprint density at radius 1 is 0.439 bits per heavy atom. The van der Waals surface area contributed by atoms with Gasteiger partial charge in [0, 0.05) is 5.39 Å². The smallest absolute Gasteiger partial charge is 0.500 e. The second-order valence-corrected chi connectivity index (χ2v) is 8.15. The molecule has 0 saturated carbocycles. The van der Waals surface area contributed by atoms with E-state index in [0.717, 1.165) is 0 Å². The molecule has 0 aromatic heterocycles. The predicted octanol–water partition coefficient (Wildman–Crippen LogP) is 7.39.